The van der Waals surface area contributed by atoms with Gasteiger partial charge < -0.3 is 26.6 Å². The van der Waals surface area contributed by atoms with Crippen LogP contribution in [0.4, 0.5) is 45.5 Å². The predicted octanol–water partition coefficient (Wildman–Crippen LogP) is 19.7. The van der Waals surface area contributed by atoms with Crippen molar-refractivity contribution in [3.63, 3.8) is 0 Å². The standard InChI is InChI=1S/C21H25NO2.C20H24N2O2.C20H23NO2.C20H21NO.C15H13N3O5/c1-4-7-19(23)13-16-10-11-18(12-15(16)2)21(24)14-17-8-5-6-9-20(17)22-3;1-4-7-17(23)13-15-10-11-16(12-14(15)2)20(24)22(3)19-9-6-5-8-18(19)21;1-3-6-18(22)12-15-9-10-17(11-14(15)2)20(23)13-16-7-4-5-8-19(16)21;1-3-6-18(22)12-15-9-10-17(11-14(15)2)20-13-16-7-4-5-8-19(16)21-20;1-10-9-11(7-8-12(10)17(20)21)15(19)16(2)13-5-3-4-6-14(13)18(22)23/h5-6,8-12,22H,4,7,13-14H2,1-3H3;5-6,8-12H,4,7,13,21H2,1-3H3;4-5,7-11H,3,6,12-13,21H2,1-2H3;4-5,7-11H,3,6,12-13H2,1-2H3;3-9H,1-2H3. The Hall–Kier alpha value is -13.0. The molecule has 0 unspecified atom stereocenters. The van der Waals surface area contributed by atoms with E-state index in [4.69, 9.17) is 16.5 Å². The van der Waals surface area contributed by atoms with E-state index in [0.717, 1.165) is 104 Å². The molecule has 20 heteroatoms. The van der Waals surface area contributed by atoms with Crippen LogP contribution in [0.3, 0.4) is 0 Å². The summed E-state index contributed by atoms with van der Waals surface area (Å²) in [4.78, 5) is 126. The number of hydrogen-bond acceptors (Lipinski definition) is 16. The number of nitro benzene ring substituents is 2. The van der Waals surface area contributed by atoms with Crippen molar-refractivity contribution in [2.45, 2.75) is 159 Å². The SMILES string of the molecule is CCCC(=O)Cc1ccc(C(=O)Cc2ccccc2N)cc1C.CCCC(=O)Cc1ccc(C(=O)Cc2ccccc2NC)cc1C.CCCC(=O)Cc1ccc(C(=O)N(C)c2ccccc2N)cc1C.CCCC(=O)Cc1ccc(C2=Nc3ccccc3C2)cc1C.Cc1cc(C(=O)N(C)c2ccccc2[N+](=O)[O-])ccc1[N+](=O)[O-]. The van der Waals surface area contributed by atoms with Gasteiger partial charge >= 0.3 is 0 Å². The van der Waals surface area contributed by atoms with Crippen LogP contribution in [0.1, 0.15) is 193 Å². The fourth-order valence-corrected chi connectivity index (χ4v) is 13.3. The van der Waals surface area contributed by atoms with Gasteiger partial charge in [-0.15, -0.1) is 0 Å². The van der Waals surface area contributed by atoms with Gasteiger partial charge in [0.15, 0.2) is 11.6 Å². The number of rotatable bonds is 30. The molecule has 2 amide bonds. The van der Waals surface area contributed by atoms with E-state index in [-0.39, 0.29) is 57.4 Å². The lowest BCUT2D eigenvalue weighted by Gasteiger charge is -2.19. The van der Waals surface area contributed by atoms with Gasteiger partial charge in [0, 0.05) is 143 Å². The van der Waals surface area contributed by atoms with Gasteiger partial charge in [0.1, 0.15) is 28.8 Å². The van der Waals surface area contributed by atoms with Crippen LogP contribution >= 0.6 is 0 Å². The summed E-state index contributed by atoms with van der Waals surface area (Å²) in [5.74, 6) is 0.566. The van der Waals surface area contributed by atoms with Crippen LogP contribution in [-0.4, -0.2) is 83.2 Å². The number of benzene rings is 10. The van der Waals surface area contributed by atoms with Gasteiger partial charge in [0.25, 0.3) is 23.2 Å². The minimum Gasteiger partial charge on any atom is -0.398 e. The molecule has 1 heterocycles. The third kappa shape index (κ3) is 26.0. The zero-order valence-corrected chi connectivity index (χ0v) is 68.6. The first-order valence-electron chi connectivity index (χ1n) is 39.1. The van der Waals surface area contributed by atoms with Crippen molar-refractivity contribution in [2.75, 3.05) is 47.7 Å². The quantitative estimate of drug-likeness (QED) is 0.0163. The molecule has 0 atom stereocenters. The van der Waals surface area contributed by atoms with Crippen LogP contribution in [0, 0.1) is 54.8 Å². The van der Waals surface area contributed by atoms with Gasteiger partial charge in [0.05, 0.1) is 32.6 Å². The van der Waals surface area contributed by atoms with Crippen LogP contribution in [0.5, 0.6) is 0 Å². The summed E-state index contributed by atoms with van der Waals surface area (Å²) in [6, 6.07) is 63.7. The fraction of sp³-hybridized carbons (Fsp3) is 0.281. The van der Waals surface area contributed by atoms with Crippen molar-refractivity contribution in [2.24, 2.45) is 4.99 Å². The zero-order chi connectivity index (χ0) is 84.7. The molecule has 20 nitrogen and oxygen atoms in total. The summed E-state index contributed by atoms with van der Waals surface area (Å²) in [6.45, 7) is 17.5. The Kier molecular flexibility index (Phi) is 34.6. The molecule has 0 saturated heterocycles. The average molecular weight is 1560 g/mol. The number of nitrogens with one attached hydrogen (secondary N) is 1. The van der Waals surface area contributed by atoms with E-state index in [1.165, 1.54) is 67.1 Å². The molecule has 602 valence electrons. The Balaban J connectivity index is 0.000000201. The highest BCUT2D eigenvalue weighted by Crippen LogP contribution is 2.32. The van der Waals surface area contributed by atoms with Gasteiger partial charge in [-0.25, -0.2) is 0 Å². The highest BCUT2D eigenvalue weighted by Gasteiger charge is 2.25. The molecule has 0 fully saturated rings. The molecule has 0 saturated carbocycles. The topological polar surface area (TPSA) is 306 Å². The summed E-state index contributed by atoms with van der Waals surface area (Å²) in [5.41, 5.74) is 31.8. The van der Waals surface area contributed by atoms with Crippen molar-refractivity contribution in [3.05, 3.63) is 327 Å². The number of aryl methyl sites for hydroxylation is 5. The molecule has 0 spiro atoms. The molecule has 0 radical (unpaired) electrons. The van der Waals surface area contributed by atoms with Crippen molar-refractivity contribution in [3.8, 4) is 0 Å². The minimum atomic E-state index is -0.569. The number of ketones is 6. The van der Waals surface area contributed by atoms with Crippen LogP contribution in [0.2, 0.25) is 0 Å². The first kappa shape index (κ1) is 90.2. The maximum atomic E-state index is 12.7. The van der Waals surface area contributed by atoms with Crippen LogP contribution < -0.4 is 26.6 Å². The number of carbonyl (C=O) groups is 8. The third-order valence-electron chi connectivity index (χ3n) is 19.9. The highest BCUT2D eigenvalue weighted by atomic mass is 16.6. The number of nitrogens with two attached hydrogens (primary N) is 2. The third-order valence-corrected chi connectivity index (χ3v) is 19.9. The van der Waals surface area contributed by atoms with Crippen LogP contribution in [0.25, 0.3) is 0 Å². The second-order valence-corrected chi connectivity index (χ2v) is 28.9. The molecule has 11 rings (SSSR count). The Labute approximate surface area is 680 Å². The molecule has 10 aromatic rings. The van der Waals surface area contributed by atoms with Crippen LogP contribution in [0.15, 0.2) is 217 Å². The van der Waals surface area contributed by atoms with Gasteiger partial charge in [-0.1, -0.05) is 149 Å². The summed E-state index contributed by atoms with van der Waals surface area (Å²) >= 11 is 0. The first-order chi connectivity index (χ1) is 55.5. The first-order valence-corrected chi connectivity index (χ1v) is 39.1. The Morgan fingerprint density at radius 3 is 1.22 bits per heavy atom. The van der Waals surface area contributed by atoms with Gasteiger partial charge in [-0.05, 0) is 206 Å². The smallest absolute Gasteiger partial charge is 0.292 e. The maximum absolute atomic E-state index is 12.7. The van der Waals surface area contributed by atoms with E-state index >= 15 is 0 Å². The number of anilines is 5. The lowest BCUT2D eigenvalue weighted by atomic mass is 9.95. The summed E-state index contributed by atoms with van der Waals surface area (Å²) in [7, 11) is 4.99. The average Bonchev–Trinajstić information content (AvgIpc) is 1.60. The van der Waals surface area contributed by atoms with Crippen molar-refractivity contribution >= 4 is 97.7 Å². The van der Waals surface area contributed by atoms with Gasteiger partial charge in [-0.3, -0.25) is 63.6 Å². The van der Waals surface area contributed by atoms with E-state index in [1.54, 1.807) is 36.2 Å². The second-order valence-electron chi connectivity index (χ2n) is 28.9. The van der Waals surface area contributed by atoms with Crippen LogP contribution in [-0.2, 0) is 64.1 Å². The Bertz CT molecular complexity index is 5260. The molecule has 1 aliphatic heterocycles. The molecule has 0 aromatic heterocycles. The van der Waals surface area contributed by atoms with Gasteiger partial charge in [0.2, 0.25) is 0 Å². The zero-order valence-electron chi connectivity index (χ0n) is 68.6. The van der Waals surface area contributed by atoms with E-state index in [0.29, 0.717) is 109 Å². The van der Waals surface area contributed by atoms with Gasteiger partial charge in [-0.2, -0.15) is 0 Å². The number of amides is 2. The molecule has 116 heavy (non-hydrogen) atoms. The Morgan fingerprint density at radius 1 is 0.397 bits per heavy atom. The predicted molar refractivity (Wildman–Crippen MR) is 466 cm³/mol. The number of para-hydroxylation sites is 7. The van der Waals surface area contributed by atoms with E-state index in [1.807, 2.05) is 171 Å². The summed E-state index contributed by atoms with van der Waals surface area (Å²) in [6.07, 6.45) is 9.43. The number of fused-ring (bicyclic) bond motifs is 1. The molecule has 1 aliphatic rings. The number of hydrogen-bond donors (Lipinski definition) is 3. The second kappa shape index (κ2) is 44.5. The molecular weight excluding hydrogens is 1460 g/mol. The number of nitro groups is 2. The number of nitrogen functional groups attached to an aromatic ring is 2. The number of aliphatic imine (C=N–C) groups is 1. The normalized spacial score (nSPS) is 10.9. The molecule has 10 aromatic carbocycles. The van der Waals surface area contributed by atoms with Crippen molar-refractivity contribution < 1.29 is 48.2 Å². The highest BCUT2D eigenvalue weighted by molar-refractivity contribution is 6.09. The minimum absolute atomic E-state index is 0.0393. The van der Waals surface area contributed by atoms with E-state index in [9.17, 15) is 58.6 Å². The van der Waals surface area contributed by atoms with Crippen molar-refractivity contribution in [1.82, 2.24) is 0 Å². The van der Waals surface area contributed by atoms with E-state index < -0.39 is 15.8 Å². The lowest BCUT2D eigenvalue weighted by molar-refractivity contribution is -0.385. The maximum Gasteiger partial charge on any atom is 0.292 e. The monoisotopic (exact) mass is 1560 g/mol. The number of Topliss-reactive ketones (excluding diaryl/α,β-unsaturated/α-hetero) is 6. The number of carbonyl (C=O) groups excluding carboxylic acids is 8. The largest absolute Gasteiger partial charge is 0.398 e. The fourth-order valence-electron chi connectivity index (χ4n) is 13.3. The molecule has 0 aliphatic carbocycles. The van der Waals surface area contributed by atoms with E-state index in [2.05, 4.69) is 48.6 Å². The molecule has 0 bridgehead atoms. The molecule has 5 N–H and O–H groups in total. The Morgan fingerprint density at radius 2 is 0.776 bits per heavy atom. The number of nitrogens with zero attached hydrogens (tertiary/aromatic N) is 5. The lowest BCUT2D eigenvalue weighted by Crippen LogP contribution is -2.27. The molecular formula is C96H106N8O12. The summed E-state index contributed by atoms with van der Waals surface area (Å²) < 4.78 is 0. The van der Waals surface area contributed by atoms with Crippen molar-refractivity contribution in [1.29, 1.82) is 0 Å². The summed E-state index contributed by atoms with van der Waals surface area (Å²) in [5, 5.41) is 25.0.